The minimum Gasteiger partial charge on any atom is -0.385 e. The van der Waals surface area contributed by atoms with Gasteiger partial charge in [-0.15, -0.1) is 0 Å². The Morgan fingerprint density at radius 1 is 1.19 bits per heavy atom. The molecule has 0 spiro atoms. The molecule has 0 amide bonds. The van der Waals surface area contributed by atoms with Crippen LogP contribution in [-0.4, -0.2) is 31.2 Å². The van der Waals surface area contributed by atoms with E-state index in [9.17, 15) is 0 Å². The van der Waals surface area contributed by atoms with Crippen molar-refractivity contribution in [3.8, 4) is 0 Å². The summed E-state index contributed by atoms with van der Waals surface area (Å²) in [4.78, 5) is 2.48. The van der Waals surface area contributed by atoms with Gasteiger partial charge in [0.2, 0.25) is 0 Å². The molecule has 1 rings (SSSR count). The van der Waals surface area contributed by atoms with E-state index in [1.54, 1.807) is 7.11 Å². The largest absolute Gasteiger partial charge is 0.385 e. The van der Waals surface area contributed by atoms with Gasteiger partial charge < -0.3 is 4.74 Å². The van der Waals surface area contributed by atoms with Crippen LogP contribution in [0.2, 0.25) is 0 Å². The summed E-state index contributed by atoms with van der Waals surface area (Å²) < 4.78 is 5.10. The van der Waals surface area contributed by atoms with Gasteiger partial charge in [-0.1, -0.05) is 30.3 Å². The number of methoxy groups -OCH3 is 1. The monoisotopic (exact) mass is 221 g/mol. The highest BCUT2D eigenvalue weighted by Crippen LogP contribution is 2.08. The van der Waals surface area contributed by atoms with E-state index >= 15 is 0 Å². The quantitative estimate of drug-likeness (QED) is 0.656. The molecule has 90 valence electrons. The van der Waals surface area contributed by atoms with Crippen LogP contribution in [0.4, 0.5) is 0 Å². The highest BCUT2D eigenvalue weighted by atomic mass is 16.5. The minimum atomic E-state index is 0.581. The number of hydrogen-bond acceptors (Lipinski definition) is 2. The number of rotatable bonds is 7. The van der Waals surface area contributed by atoms with E-state index < -0.39 is 0 Å². The van der Waals surface area contributed by atoms with Crippen molar-refractivity contribution in [2.75, 3.05) is 20.3 Å². The molecule has 0 atom stereocenters. The number of ether oxygens (including phenoxy) is 1. The molecule has 0 heterocycles. The number of nitrogens with zero attached hydrogens (tertiary/aromatic N) is 1. The van der Waals surface area contributed by atoms with E-state index in [1.807, 2.05) is 0 Å². The summed E-state index contributed by atoms with van der Waals surface area (Å²) in [5, 5.41) is 0. The average molecular weight is 221 g/mol. The zero-order chi connectivity index (χ0) is 11.8. The van der Waals surface area contributed by atoms with Gasteiger partial charge in [0, 0.05) is 32.8 Å². The summed E-state index contributed by atoms with van der Waals surface area (Å²) in [5.41, 5.74) is 1.38. The van der Waals surface area contributed by atoms with E-state index in [-0.39, 0.29) is 0 Å². The molecule has 0 bridgehead atoms. The Bertz CT molecular complexity index is 271. The fraction of sp³-hybridized carbons (Fsp3) is 0.571. The summed E-state index contributed by atoms with van der Waals surface area (Å²) in [6, 6.07) is 11.2. The zero-order valence-electron chi connectivity index (χ0n) is 10.6. The Morgan fingerprint density at radius 3 is 2.44 bits per heavy atom. The second-order valence-electron chi connectivity index (χ2n) is 4.40. The fourth-order valence-corrected chi connectivity index (χ4v) is 1.75. The van der Waals surface area contributed by atoms with Crippen molar-refractivity contribution in [3.63, 3.8) is 0 Å². The predicted octanol–water partition coefficient (Wildman–Crippen LogP) is 2.93. The molecular weight excluding hydrogens is 198 g/mol. The summed E-state index contributed by atoms with van der Waals surface area (Å²) in [6.45, 7) is 7.46. The van der Waals surface area contributed by atoms with Gasteiger partial charge in [0.05, 0.1) is 0 Å². The molecule has 0 aromatic heterocycles. The summed E-state index contributed by atoms with van der Waals surface area (Å²) >= 11 is 0. The molecule has 0 unspecified atom stereocenters. The lowest BCUT2D eigenvalue weighted by Gasteiger charge is -2.26. The first-order valence-electron chi connectivity index (χ1n) is 6.01. The molecule has 0 saturated carbocycles. The van der Waals surface area contributed by atoms with Gasteiger partial charge in [0.1, 0.15) is 0 Å². The van der Waals surface area contributed by atoms with Crippen molar-refractivity contribution in [1.82, 2.24) is 4.90 Å². The van der Waals surface area contributed by atoms with Gasteiger partial charge in [-0.05, 0) is 25.8 Å². The Balaban J connectivity index is 2.45. The Kier molecular flexibility index (Phi) is 6.12. The first kappa shape index (κ1) is 13.2. The second kappa shape index (κ2) is 7.42. The van der Waals surface area contributed by atoms with Gasteiger partial charge in [-0.25, -0.2) is 0 Å². The Labute approximate surface area is 99.2 Å². The first-order valence-corrected chi connectivity index (χ1v) is 6.01. The molecule has 2 nitrogen and oxygen atoms in total. The predicted molar refractivity (Wildman–Crippen MR) is 68.5 cm³/mol. The van der Waals surface area contributed by atoms with Crippen LogP contribution in [0.25, 0.3) is 0 Å². The van der Waals surface area contributed by atoms with Gasteiger partial charge in [0.15, 0.2) is 0 Å². The number of benzene rings is 1. The molecule has 0 N–H and O–H groups in total. The van der Waals surface area contributed by atoms with Crippen molar-refractivity contribution < 1.29 is 4.74 Å². The van der Waals surface area contributed by atoms with E-state index in [4.69, 9.17) is 4.74 Å². The van der Waals surface area contributed by atoms with Crippen LogP contribution in [0.5, 0.6) is 0 Å². The minimum absolute atomic E-state index is 0.581. The number of hydrogen-bond donors (Lipinski definition) is 0. The highest BCUT2D eigenvalue weighted by molar-refractivity contribution is 5.14. The molecule has 0 aliphatic heterocycles. The molecule has 2 heteroatoms. The van der Waals surface area contributed by atoms with Crippen LogP contribution >= 0.6 is 0 Å². The van der Waals surface area contributed by atoms with Crippen LogP contribution in [0.15, 0.2) is 30.3 Å². The molecule has 0 aliphatic rings. The topological polar surface area (TPSA) is 12.5 Å². The molecule has 0 radical (unpaired) electrons. The van der Waals surface area contributed by atoms with Crippen molar-refractivity contribution in [2.45, 2.75) is 32.9 Å². The first-order chi connectivity index (χ1) is 7.74. The van der Waals surface area contributed by atoms with E-state index in [0.717, 1.165) is 26.1 Å². The normalized spacial score (nSPS) is 11.3. The van der Waals surface area contributed by atoms with Crippen LogP contribution in [0, 0.1) is 0 Å². The van der Waals surface area contributed by atoms with Gasteiger partial charge in [-0.3, -0.25) is 4.90 Å². The smallest absolute Gasteiger partial charge is 0.0474 e. The van der Waals surface area contributed by atoms with Crippen LogP contribution in [0.3, 0.4) is 0 Å². The summed E-state index contributed by atoms with van der Waals surface area (Å²) in [6.07, 6.45) is 1.10. The summed E-state index contributed by atoms with van der Waals surface area (Å²) in [7, 11) is 1.76. The summed E-state index contributed by atoms with van der Waals surface area (Å²) in [5.74, 6) is 0. The van der Waals surface area contributed by atoms with Crippen molar-refractivity contribution >= 4 is 0 Å². The van der Waals surface area contributed by atoms with Crippen molar-refractivity contribution in [2.24, 2.45) is 0 Å². The Hall–Kier alpha value is -0.860. The lowest BCUT2D eigenvalue weighted by molar-refractivity contribution is 0.154. The van der Waals surface area contributed by atoms with E-state index in [2.05, 4.69) is 49.1 Å². The molecule has 1 aromatic carbocycles. The van der Waals surface area contributed by atoms with E-state index in [1.165, 1.54) is 5.56 Å². The van der Waals surface area contributed by atoms with Gasteiger partial charge in [-0.2, -0.15) is 0 Å². The van der Waals surface area contributed by atoms with Crippen LogP contribution < -0.4 is 0 Å². The maximum atomic E-state index is 5.10. The molecule has 0 saturated heterocycles. The molecule has 1 aromatic rings. The van der Waals surface area contributed by atoms with Crippen LogP contribution in [0.1, 0.15) is 25.8 Å². The van der Waals surface area contributed by atoms with Crippen molar-refractivity contribution in [3.05, 3.63) is 35.9 Å². The fourth-order valence-electron chi connectivity index (χ4n) is 1.75. The third kappa shape index (κ3) is 4.77. The SMILES string of the molecule is COCCCN(Cc1ccccc1)C(C)C. The third-order valence-corrected chi connectivity index (χ3v) is 2.75. The Morgan fingerprint density at radius 2 is 1.88 bits per heavy atom. The highest BCUT2D eigenvalue weighted by Gasteiger charge is 2.09. The molecule has 16 heavy (non-hydrogen) atoms. The average Bonchev–Trinajstić information content (AvgIpc) is 2.29. The standard InChI is InChI=1S/C14H23NO/c1-13(2)15(10-7-11-16-3)12-14-8-5-4-6-9-14/h4-6,8-9,13H,7,10-12H2,1-3H3. The maximum Gasteiger partial charge on any atom is 0.0474 e. The molecular formula is C14H23NO. The van der Waals surface area contributed by atoms with Gasteiger partial charge >= 0.3 is 0 Å². The third-order valence-electron chi connectivity index (χ3n) is 2.75. The zero-order valence-corrected chi connectivity index (χ0v) is 10.6. The maximum absolute atomic E-state index is 5.10. The second-order valence-corrected chi connectivity index (χ2v) is 4.40. The lowest BCUT2D eigenvalue weighted by Crippen LogP contribution is -2.31. The molecule has 0 fully saturated rings. The lowest BCUT2D eigenvalue weighted by atomic mass is 10.2. The van der Waals surface area contributed by atoms with Crippen molar-refractivity contribution in [1.29, 1.82) is 0 Å². The van der Waals surface area contributed by atoms with Gasteiger partial charge in [0.25, 0.3) is 0 Å². The van der Waals surface area contributed by atoms with E-state index in [0.29, 0.717) is 6.04 Å². The van der Waals surface area contributed by atoms with Crippen LogP contribution in [-0.2, 0) is 11.3 Å². The molecule has 0 aliphatic carbocycles.